The number of carbonyl (C=O) groups excluding carboxylic acids is 2. The first-order valence-corrected chi connectivity index (χ1v) is 10.2. The average molecular weight is 454 g/mol. The van der Waals surface area contributed by atoms with Crippen LogP contribution in [0.5, 0.6) is 0 Å². The minimum Gasteiger partial charge on any atom is -0.364 e. The third-order valence-corrected chi connectivity index (χ3v) is 5.48. The Morgan fingerprint density at radius 3 is 2.85 bits per heavy atom. The zero-order valence-electron chi connectivity index (χ0n) is 20.8. The second kappa shape index (κ2) is 7.80. The number of carbonyl (C=O) groups is 2. The van der Waals surface area contributed by atoms with E-state index in [0.717, 1.165) is 17.2 Å². The highest BCUT2D eigenvalue weighted by Crippen LogP contribution is 2.39. The Kier molecular flexibility index (Phi) is 4.13. The first kappa shape index (κ1) is 17.5. The molecule has 2 aromatic heterocycles. The van der Waals surface area contributed by atoms with Crippen molar-refractivity contribution in [2.45, 2.75) is 26.1 Å². The Morgan fingerprint density at radius 1 is 1.27 bits per heavy atom. The number of aromatic nitrogens is 5. The van der Waals surface area contributed by atoms with E-state index in [-0.39, 0.29) is 23.6 Å². The molecule has 0 spiro atoms. The van der Waals surface area contributed by atoms with Gasteiger partial charge in [0.15, 0.2) is 17.3 Å². The van der Waals surface area contributed by atoms with Crippen molar-refractivity contribution in [1.82, 2.24) is 30.3 Å². The highest BCUT2D eigenvalue weighted by Gasteiger charge is 2.43. The standard InChI is InChI=1S/C21H22FN9O2/c1-10-24-17-9-30(3)19-13(5-4-6-15(19)31(17)29-10)25-14-8-16(26-20(32)11-7-12(11)22)27-28-18(14)21(33)23-2/h4-6,8,11-12H,7,9H2,1-3H3,(H,23,33)(H2,25,26,27,32)/t11?,12-/m1/s1/i2D3. The predicted molar refractivity (Wildman–Crippen MR) is 119 cm³/mol. The van der Waals surface area contributed by atoms with Gasteiger partial charge in [-0.3, -0.25) is 9.59 Å². The summed E-state index contributed by atoms with van der Waals surface area (Å²) in [5.74, 6) is -0.914. The van der Waals surface area contributed by atoms with E-state index in [0.29, 0.717) is 18.1 Å². The first-order chi connectivity index (χ1) is 17.0. The maximum atomic E-state index is 13.3. The molecule has 3 heterocycles. The number of para-hydroxylation sites is 1. The molecule has 3 N–H and O–H groups in total. The van der Waals surface area contributed by atoms with E-state index in [9.17, 15) is 14.0 Å². The maximum Gasteiger partial charge on any atom is 0.273 e. The fourth-order valence-electron chi connectivity index (χ4n) is 3.82. The summed E-state index contributed by atoms with van der Waals surface area (Å²) in [6, 6.07) is 6.78. The van der Waals surface area contributed by atoms with E-state index in [1.165, 1.54) is 6.07 Å². The van der Waals surface area contributed by atoms with Crippen molar-refractivity contribution < 1.29 is 18.1 Å². The third-order valence-electron chi connectivity index (χ3n) is 5.48. The second-order valence-corrected chi connectivity index (χ2v) is 7.93. The molecular weight excluding hydrogens is 429 g/mol. The number of nitrogens with zero attached hydrogens (tertiary/aromatic N) is 6. The van der Waals surface area contributed by atoms with E-state index in [1.807, 2.05) is 23.3 Å². The van der Waals surface area contributed by atoms with Gasteiger partial charge in [-0.15, -0.1) is 10.2 Å². The normalized spacial score (nSPS) is 20.0. The summed E-state index contributed by atoms with van der Waals surface area (Å²) in [7, 11) is 1.87. The Balaban J connectivity index is 1.53. The van der Waals surface area contributed by atoms with Gasteiger partial charge in [-0.05, 0) is 25.5 Å². The third kappa shape index (κ3) is 3.73. The van der Waals surface area contributed by atoms with Crippen LogP contribution in [0.2, 0.25) is 0 Å². The molecule has 12 heteroatoms. The molecule has 170 valence electrons. The molecule has 3 aromatic rings. The summed E-state index contributed by atoms with van der Waals surface area (Å²) < 4.78 is 37.1. The fourth-order valence-corrected chi connectivity index (χ4v) is 3.82. The van der Waals surface area contributed by atoms with Gasteiger partial charge < -0.3 is 20.9 Å². The highest BCUT2D eigenvalue weighted by molar-refractivity contribution is 6.00. The minimum absolute atomic E-state index is 0.0145. The summed E-state index contributed by atoms with van der Waals surface area (Å²) in [5, 5.41) is 19.7. The number of benzene rings is 1. The Hall–Kier alpha value is -4.09. The SMILES string of the molecule is [2H]C([2H])([2H])NC(=O)c1nnc(NC(=O)C2C[C@H]2F)cc1Nc1cccc2c1N(C)Cc1nc(C)nn1-2. The summed E-state index contributed by atoms with van der Waals surface area (Å²) >= 11 is 0. The summed E-state index contributed by atoms with van der Waals surface area (Å²) in [6.45, 7) is -0.479. The number of amides is 2. The van der Waals surface area contributed by atoms with Crippen LogP contribution < -0.4 is 20.9 Å². The lowest BCUT2D eigenvalue weighted by molar-refractivity contribution is -0.117. The van der Waals surface area contributed by atoms with E-state index in [4.69, 9.17) is 4.11 Å². The quantitative estimate of drug-likeness (QED) is 0.531. The Bertz CT molecular complexity index is 1380. The van der Waals surface area contributed by atoms with Crippen molar-refractivity contribution in [2.24, 2.45) is 5.92 Å². The Labute approximate surface area is 192 Å². The van der Waals surface area contributed by atoms with Crippen LogP contribution in [0, 0.1) is 12.8 Å². The van der Waals surface area contributed by atoms with Gasteiger partial charge in [-0.1, -0.05) is 6.07 Å². The second-order valence-electron chi connectivity index (χ2n) is 7.93. The molecule has 2 aliphatic rings. The monoisotopic (exact) mass is 454 g/mol. The van der Waals surface area contributed by atoms with Crippen molar-refractivity contribution in [3.05, 3.63) is 41.6 Å². The van der Waals surface area contributed by atoms with Gasteiger partial charge in [0.2, 0.25) is 5.91 Å². The number of hydrogen-bond donors (Lipinski definition) is 3. The van der Waals surface area contributed by atoms with E-state index in [2.05, 4.69) is 30.9 Å². The summed E-state index contributed by atoms with van der Waals surface area (Å²) in [6.07, 6.45) is -1.06. The van der Waals surface area contributed by atoms with Gasteiger partial charge in [-0.2, -0.15) is 5.10 Å². The van der Waals surface area contributed by atoms with Crippen LogP contribution in [0.1, 0.15) is 32.7 Å². The van der Waals surface area contributed by atoms with E-state index < -0.39 is 30.9 Å². The number of anilines is 4. The number of alkyl halides is 1. The summed E-state index contributed by atoms with van der Waals surface area (Å²) in [4.78, 5) is 31.3. The number of aryl methyl sites for hydroxylation is 1. The van der Waals surface area contributed by atoms with Crippen LogP contribution in [0.4, 0.5) is 27.3 Å². The molecule has 1 aromatic carbocycles. The lowest BCUT2D eigenvalue weighted by atomic mass is 10.1. The summed E-state index contributed by atoms with van der Waals surface area (Å²) in [5.41, 5.74) is 1.85. The molecule has 1 saturated carbocycles. The molecule has 1 aliphatic carbocycles. The van der Waals surface area contributed by atoms with E-state index >= 15 is 0 Å². The van der Waals surface area contributed by atoms with Crippen molar-refractivity contribution in [1.29, 1.82) is 0 Å². The number of hydrogen-bond acceptors (Lipinski definition) is 8. The lowest BCUT2D eigenvalue weighted by Crippen LogP contribution is -2.27. The number of fused-ring (bicyclic) bond motifs is 3. The molecule has 1 aliphatic heterocycles. The lowest BCUT2D eigenvalue weighted by Gasteiger charge is -2.29. The topological polar surface area (TPSA) is 130 Å². The maximum absolute atomic E-state index is 13.3. The molecular formula is C21H22FN9O2. The van der Waals surface area contributed by atoms with Gasteiger partial charge in [-0.25, -0.2) is 14.1 Å². The van der Waals surface area contributed by atoms with Gasteiger partial charge in [0, 0.05) is 24.2 Å². The average Bonchev–Trinajstić information content (AvgIpc) is 3.40. The molecule has 11 nitrogen and oxygen atoms in total. The molecule has 1 unspecified atom stereocenters. The van der Waals surface area contributed by atoms with Gasteiger partial charge in [0.25, 0.3) is 5.91 Å². The van der Waals surface area contributed by atoms with Crippen LogP contribution in [0.3, 0.4) is 0 Å². The van der Waals surface area contributed by atoms with Crippen LogP contribution in [0.25, 0.3) is 5.69 Å². The van der Waals surface area contributed by atoms with Crippen LogP contribution in [-0.2, 0) is 11.3 Å². The van der Waals surface area contributed by atoms with Gasteiger partial charge in [0.05, 0.1) is 35.2 Å². The molecule has 0 bridgehead atoms. The molecule has 0 radical (unpaired) electrons. The van der Waals surface area contributed by atoms with Crippen molar-refractivity contribution in [3.63, 3.8) is 0 Å². The zero-order chi connectivity index (χ0) is 25.8. The highest BCUT2D eigenvalue weighted by atomic mass is 19.1. The van der Waals surface area contributed by atoms with Crippen molar-refractivity contribution >= 4 is 34.7 Å². The fraction of sp³-hybridized carbons (Fsp3) is 0.333. The van der Waals surface area contributed by atoms with E-state index in [1.54, 1.807) is 23.7 Å². The smallest absolute Gasteiger partial charge is 0.273 e. The number of halogens is 1. The van der Waals surface area contributed by atoms with Crippen LogP contribution in [-0.4, -0.2) is 57.0 Å². The van der Waals surface area contributed by atoms with Crippen molar-refractivity contribution in [2.75, 3.05) is 29.6 Å². The first-order valence-electron chi connectivity index (χ1n) is 11.7. The largest absolute Gasteiger partial charge is 0.364 e. The predicted octanol–water partition coefficient (Wildman–Crippen LogP) is 1.72. The van der Waals surface area contributed by atoms with Crippen molar-refractivity contribution in [3.8, 4) is 5.69 Å². The molecule has 1 fully saturated rings. The molecule has 5 rings (SSSR count). The molecule has 2 atom stereocenters. The zero-order valence-corrected chi connectivity index (χ0v) is 17.8. The Morgan fingerprint density at radius 2 is 2.09 bits per heavy atom. The van der Waals surface area contributed by atoms with Crippen LogP contribution in [0.15, 0.2) is 24.3 Å². The molecule has 2 amide bonds. The molecule has 0 saturated heterocycles. The number of rotatable bonds is 5. The number of nitrogens with one attached hydrogen (secondary N) is 3. The van der Waals surface area contributed by atoms with Gasteiger partial charge in [0.1, 0.15) is 12.0 Å². The minimum atomic E-state index is -2.75. The van der Waals surface area contributed by atoms with Gasteiger partial charge >= 0.3 is 0 Å². The van der Waals surface area contributed by atoms with Crippen LogP contribution >= 0.6 is 0 Å². The molecule has 33 heavy (non-hydrogen) atoms.